The van der Waals surface area contributed by atoms with Crippen molar-refractivity contribution in [2.24, 2.45) is 0 Å². The molecule has 2 rings (SSSR count). The lowest BCUT2D eigenvalue weighted by molar-refractivity contribution is 0.0944. The van der Waals surface area contributed by atoms with Gasteiger partial charge in [0.2, 0.25) is 6.29 Å². The van der Waals surface area contributed by atoms with Crippen LogP contribution in [0.3, 0.4) is 0 Å². The fraction of sp³-hybridized carbons (Fsp3) is 0.222. The molecule has 1 amide bonds. The van der Waals surface area contributed by atoms with Gasteiger partial charge in [-0.05, 0) is 65.6 Å². The molecule has 0 saturated carbocycles. The van der Waals surface area contributed by atoms with Gasteiger partial charge in [-0.15, -0.1) is 0 Å². The van der Waals surface area contributed by atoms with Gasteiger partial charge < -0.3 is 5.32 Å². The predicted octanol–water partition coefficient (Wildman–Crippen LogP) is 3.52. The second kappa shape index (κ2) is 8.68. The fourth-order valence-electron chi connectivity index (χ4n) is 2.19. The Kier molecular flexibility index (Phi) is 6.58. The highest BCUT2D eigenvalue weighted by Gasteiger charge is 2.13. The maximum Gasteiger partial charge on any atom is 0.251 e. The maximum absolute atomic E-state index is 12.1. The molecule has 1 N–H and O–H groups in total. The molecule has 0 fully saturated rings. The van der Waals surface area contributed by atoms with E-state index in [-0.39, 0.29) is 5.91 Å². The second-order valence-electron chi connectivity index (χ2n) is 5.03. The van der Waals surface area contributed by atoms with Gasteiger partial charge in [-0.1, -0.05) is 36.4 Å². The minimum absolute atomic E-state index is 0.230. The molecule has 0 aromatic heterocycles. The Morgan fingerprint density at radius 1 is 1.14 bits per heavy atom. The van der Waals surface area contributed by atoms with Gasteiger partial charge in [-0.2, -0.15) is 0 Å². The van der Waals surface area contributed by atoms with Crippen molar-refractivity contribution in [3.63, 3.8) is 0 Å². The summed E-state index contributed by atoms with van der Waals surface area (Å²) in [6.45, 7) is 0. The van der Waals surface area contributed by atoms with Crippen LogP contribution in [0.15, 0.2) is 54.6 Å². The van der Waals surface area contributed by atoms with Crippen LogP contribution in [0.2, 0.25) is 0 Å². The number of rotatable bonds is 7. The summed E-state index contributed by atoms with van der Waals surface area (Å²) in [5, 5.41) is 2.73. The topological polar surface area (TPSA) is 46.2 Å². The Labute approximate surface area is 144 Å². The molecule has 0 aliphatic carbocycles. The zero-order chi connectivity index (χ0) is 15.8. The molecule has 3 nitrogen and oxygen atoms in total. The third-order valence-electron chi connectivity index (χ3n) is 3.34. The van der Waals surface area contributed by atoms with Crippen molar-refractivity contribution in [2.45, 2.75) is 25.3 Å². The molecule has 1 atom stereocenters. The number of carbonyl (C=O) groups is 1. The zero-order valence-electron chi connectivity index (χ0n) is 12.1. The standard InChI is InChI=1S/C18H17INO2/c19-16-10-5-9-15(12-16)18(22)20-17(13-21)11-4-8-14-6-2-1-3-7-14/h1-3,5-7,9-10,12,17H,4,8,11H2,(H,20,22)/t17-/m1/s1. The van der Waals surface area contributed by atoms with E-state index in [9.17, 15) is 9.59 Å². The molecule has 0 spiro atoms. The lowest BCUT2D eigenvalue weighted by Gasteiger charge is -2.12. The van der Waals surface area contributed by atoms with Crippen LogP contribution in [-0.2, 0) is 11.2 Å². The Balaban J connectivity index is 1.84. The van der Waals surface area contributed by atoms with Crippen molar-refractivity contribution >= 4 is 34.8 Å². The van der Waals surface area contributed by atoms with Crippen LogP contribution in [0.4, 0.5) is 0 Å². The minimum atomic E-state index is -0.561. The van der Waals surface area contributed by atoms with E-state index >= 15 is 0 Å². The quantitative estimate of drug-likeness (QED) is 0.716. The molecule has 4 heteroatoms. The predicted molar refractivity (Wildman–Crippen MR) is 95.5 cm³/mol. The Hall–Kier alpha value is -1.69. The first-order valence-corrected chi connectivity index (χ1v) is 8.25. The zero-order valence-corrected chi connectivity index (χ0v) is 14.2. The summed E-state index contributed by atoms with van der Waals surface area (Å²) in [5.41, 5.74) is 1.80. The van der Waals surface area contributed by atoms with Crippen molar-refractivity contribution in [3.05, 3.63) is 69.3 Å². The van der Waals surface area contributed by atoms with Crippen LogP contribution in [0.5, 0.6) is 0 Å². The van der Waals surface area contributed by atoms with Gasteiger partial charge in [-0.3, -0.25) is 9.59 Å². The fourth-order valence-corrected chi connectivity index (χ4v) is 2.73. The van der Waals surface area contributed by atoms with E-state index in [1.807, 2.05) is 36.6 Å². The molecule has 113 valence electrons. The third kappa shape index (κ3) is 5.26. The number of carbonyl (C=O) groups excluding carboxylic acids is 2. The summed E-state index contributed by atoms with van der Waals surface area (Å²) in [6, 6.07) is 16.8. The minimum Gasteiger partial charge on any atom is -0.342 e. The molecule has 0 aliphatic rings. The number of hydrogen-bond donors (Lipinski definition) is 1. The number of amides is 1. The van der Waals surface area contributed by atoms with E-state index < -0.39 is 6.04 Å². The number of nitrogens with one attached hydrogen (secondary N) is 1. The molecule has 0 bridgehead atoms. The highest BCUT2D eigenvalue weighted by atomic mass is 127. The molecule has 0 saturated heterocycles. The first-order chi connectivity index (χ1) is 10.7. The van der Waals surface area contributed by atoms with E-state index in [0.29, 0.717) is 12.0 Å². The molecule has 1 radical (unpaired) electrons. The van der Waals surface area contributed by atoms with Crippen LogP contribution in [-0.4, -0.2) is 18.2 Å². The Morgan fingerprint density at radius 3 is 2.59 bits per heavy atom. The summed E-state index contributed by atoms with van der Waals surface area (Å²) in [5.74, 6) is -0.230. The van der Waals surface area contributed by atoms with Crippen molar-refractivity contribution < 1.29 is 9.59 Å². The molecule has 2 aromatic rings. The van der Waals surface area contributed by atoms with Crippen molar-refractivity contribution in [1.82, 2.24) is 5.32 Å². The first-order valence-electron chi connectivity index (χ1n) is 7.17. The first kappa shape index (κ1) is 16.7. The van der Waals surface area contributed by atoms with Crippen LogP contribution < -0.4 is 5.32 Å². The van der Waals surface area contributed by atoms with Crippen molar-refractivity contribution in [3.8, 4) is 0 Å². The molecular formula is C18H17INO2. The van der Waals surface area contributed by atoms with Gasteiger partial charge in [0.15, 0.2) is 0 Å². The van der Waals surface area contributed by atoms with E-state index in [1.165, 1.54) is 5.56 Å². The lowest BCUT2D eigenvalue weighted by Crippen LogP contribution is -2.36. The van der Waals surface area contributed by atoms with E-state index in [4.69, 9.17) is 0 Å². The number of benzene rings is 2. The molecule has 0 aliphatic heterocycles. The SMILES string of the molecule is O=[C][C@@H](CCCc1ccccc1)NC(=O)c1cccc(I)c1. The van der Waals surface area contributed by atoms with Crippen LogP contribution in [0.1, 0.15) is 28.8 Å². The van der Waals surface area contributed by atoms with Crippen LogP contribution in [0.25, 0.3) is 0 Å². The normalized spacial score (nSPS) is 11.7. The molecule has 0 unspecified atom stereocenters. The van der Waals surface area contributed by atoms with Crippen molar-refractivity contribution in [2.75, 3.05) is 0 Å². The third-order valence-corrected chi connectivity index (χ3v) is 4.01. The van der Waals surface area contributed by atoms with Gasteiger partial charge in [0.25, 0.3) is 5.91 Å². The van der Waals surface area contributed by atoms with Gasteiger partial charge in [0.05, 0.1) is 6.04 Å². The van der Waals surface area contributed by atoms with E-state index in [1.54, 1.807) is 12.1 Å². The molecule has 0 heterocycles. The van der Waals surface area contributed by atoms with Crippen molar-refractivity contribution in [1.29, 1.82) is 0 Å². The number of halogens is 1. The molecular weight excluding hydrogens is 389 g/mol. The summed E-state index contributed by atoms with van der Waals surface area (Å²) < 4.78 is 0.987. The van der Waals surface area contributed by atoms with Gasteiger partial charge >= 0.3 is 0 Å². The average molecular weight is 406 g/mol. The number of hydrogen-bond acceptors (Lipinski definition) is 2. The average Bonchev–Trinajstić information content (AvgIpc) is 2.54. The highest BCUT2D eigenvalue weighted by molar-refractivity contribution is 14.1. The van der Waals surface area contributed by atoms with Crippen LogP contribution in [0, 0.1) is 3.57 Å². The summed E-state index contributed by atoms with van der Waals surface area (Å²) >= 11 is 2.15. The smallest absolute Gasteiger partial charge is 0.251 e. The monoisotopic (exact) mass is 406 g/mol. The second-order valence-corrected chi connectivity index (χ2v) is 6.28. The summed E-state index contributed by atoms with van der Waals surface area (Å²) in [4.78, 5) is 23.1. The van der Waals surface area contributed by atoms with Gasteiger partial charge in [0.1, 0.15) is 0 Å². The Morgan fingerprint density at radius 2 is 1.91 bits per heavy atom. The lowest BCUT2D eigenvalue weighted by atomic mass is 10.0. The largest absolute Gasteiger partial charge is 0.342 e. The summed E-state index contributed by atoms with van der Waals surface area (Å²) in [7, 11) is 0. The van der Waals surface area contributed by atoms with Gasteiger partial charge in [0, 0.05) is 9.13 Å². The van der Waals surface area contributed by atoms with E-state index in [0.717, 1.165) is 16.4 Å². The number of aryl methyl sites for hydroxylation is 1. The summed E-state index contributed by atoms with van der Waals surface area (Å²) in [6.07, 6.45) is 4.23. The Bertz CT molecular complexity index is 628. The van der Waals surface area contributed by atoms with Gasteiger partial charge in [-0.25, -0.2) is 0 Å². The molecule has 2 aromatic carbocycles. The van der Waals surface area contributed by atoms with Crippen LogP contribution >= 0.6 is 22.6 Å². The maximum atomic E-state index is 12.1. The van der Waals surface area contributed by atoms with E-state index in [2.05, 4.69) is 40.0 Å². The molecule has 22 heavy (non-hydrogen) atoms. The highest BCUT2D eigenvalue weighted by Crippen LogP contribution is 2.09.